The molecule has 2 aromatic rings. The molecule has 2 aromatic carbocycles. The molecule has 0 N–H and O–H groups in total. The van der Waals surface area contributed by atoms with Gasteiger partial charge < -0.3 is 4.74 Å². The molecule has 0 saturated carbocycles. The average molecular weight is 330 g/mol. The third-order valence-electron chi connectivity index (χ3n) is 1.88. The Hall–Kier alpha value is -0.787. The molecule has 0 radical (unpaired) electrons. The minimum atomic E-state index is 0. The fraction of sp³-hybridized carbons (Fsp3) is 0. The predicted molar refractivity (Wildman–Crippen MR) is 67.7 cm³/mol. The van der Waals surface area contributed by atoms with Crippen LogP contribution in [0, 0.1) is 6.92 Å². The maximum atomic E-state index is 5.62. The fourth-order valence-corrected chi connectivity index (χ4v) is 1.23. The van der Waals surface area contributed by atoms with Gasteiger partial charge >= 0.3 is 0 Å². The van der Waals surface area contributed by atoms with Crippen molar-refractivity contribution >= 4 is 17.0 Å². The van der Waals surface area contributed by atoms with Crippen molar-refractivity contribution in [2.45, 2.75) is 0 Å². The van der Waals surface area contributed by atoms with E-state index in [1.807, 2.05) is 54.6 Å². The molecular weight excluding hydrogens is 317 g/mol. The Bertz CT molecular complexity index is 417. The zero-order valence-electron chi connectivity index (χ0n) is 8.93. The number of halogens is 1. The van der Waals surface area contributed by atoms with Gasteiger partial charge in [0.05, 0.1) is 5.75 Å². The Morgan fingerprint density at radius 2 is 1.44 bits per heavy atom. The Morgan fingerprint density at radius 1 is 0.812 bits per heavy atom. The van der Waals surface area contributed by atoms with Crippen LogP contribution in [0.5, 0.6) is 11.5 Å². The van der Waals surface area contributed by atoms with E-state index in [0.29, 0.717) is 0 Å². The van der Waals surface area contributed by atoms with E-state index in [-0.39, 0.29) is 36.5 Å². The predicted octanol–water partition coefficient (Wildman–Crippen LogP) is 4.24. The second-order valence-electron chi connectivity index (χ2n) is 3.06. The van der Waals surface area contributed by atoms with E-state index in [1.54, 1.807) is 0 Å². The normalized spacial score (nSPS) is 8.50. The number of benzene rings is 2. The van der Waals surface area contributed by atoms with Crippen LogP contribution in [0.15, 0.2) is 54.6 Å². The van der Waals surface area contributed by atoms with Crippen LogP contribution in [0.3, 0.4) is 0 Å². The molecule has 3 heteroatoms. The molecule has 0 amide bonds. The zero-order chi connectivity index (χ0) is 9.80. The quantitative estimate of drug-likeness (QED) is 0.591. The SMILES string of the molecule is Br.[CH2-]c1cccc(Oc2ccccc2)c1.[Zn]. The summed E-state index contributed by atoms with van der Waals surface area (Å²) in [6.07, 6.45) is 0. The van der Waals surface area contributed by atoms with E-state index in [0.717, 1.165) is 17.1 Å². The number of rotatable bonds is 2. The monoisotopic (exact) mass is 327 g/mol. The van der Waals surface area contributed by atoms with Gasteiger partial charge in [0.1, 0.15) is 5.75 Å². The van der Waals surface area contributed by atoms with Crippen molar-refractivity contribution in [1.82, 2.24) is 0 Å². The number of para-hydroxylation sites is 1. The molecule has 2 rings (SSSR count). The molecule has 0 aliphatic carbocycles. The van der Waals surface area contributed by atoms with Crippen molar-refractivity contribution in [3.8, 4) is 11.5 Å². The molecule has 0 fully saturated rings. The fourth-order valence-electron chi connectivity index (χ4n) is 1.23. The molecule has 0 aliphatic rings. The summed E-state index contributed by atoms with van der Waals surface area (Å²) < 4.78 is 5.62. The summed E-state index contributed by atoms with van der Waals surface area (Å²) in [7, 11) is 0. The standard InChI is InChI=1S/C13H11O.BrH.Zn/c1-11-6-5-9-13(10-11)14-12-7-3-2-4-8-12;;/h2-10H,1H2;1H;/q-1;;. The molecule has 0 saturated heterocycles. The van der Waals surface area contributed by atoms with Crippen LogP contribution in [0.1, 0.15) is 5.56 Å². The molecule has 1 nitrogen and oxygen atoms in total. The Kier molecular flexibility index (Phi) is 7.11. The van der Waals surface area contributed by atoms with E-state index < -0.39 is 0 Å². The van der Waals surface area contributed by atoms with E-state index in [9.17, 15) is 0 Å². The van der Waals surface area contributed by atoms with Gasteiger partial charge in [-0.25, -0.2) is 0 Å². The third-order valence-corrected chi connectivity index (χ3v) is 1.88. The third kappa shape index (κ3) is 4.38. The van der Waals surface area contributed by atoms with Gasteiger partial charge in [-0.05, 0) is 18.2 Å². The second-order valence-corrected chi connectivity index (χ2v) is 3.06. The van der Waals surface area contributed by atoms with Crippen molar-refractivity contribution < 1.29 is 24.2 Å². The van der Waals surface area contributed by atoms with Crippen molar-refractivity contribution in [3.05, 3.63) is 67.1 Å². The average Bonchev–Trinajstić information content (AvgIpc) is 2.19. The van der Waals surface area contributed by atoms with Crippen LogP contribution in [-0.4, -0.2) is 0 Å². The summed E-state index contributed by atoms with van der Waals surface area (Å²) >= 11 is 0. The maximum absolute atomic E-state index is 5.62. The first-order valence-electron chi connectivity index (χ1n) is 4.49. The summed E-state index contributed by atoms with van der Waals surface area (Å²) in [6.45, 7) is 3.84. The van der Waals surface area contributed by atoms with Crippen molar-refractivity contribution in [2.75, 3.05) is 0 Å². The number of hydrogen-bond donors (Lipinski definition) is 0. The first-order chi connectivity index (χ1) is 6.84. The smallest absolute Gasteiger partial charge is 0.125 e. The number of ether oxygens (including phenoxy) is 1. The van der Waals surface area contributed by atoms with Gasteiger partial charge in [-0.3, -0.25) is 0 Å². The summed E-state index contributed by atoms with van der Waals surface area (Å²) in [5.41, 5.74) is 0.957. The summed E-state index contributed by atoms with van der Waals surface area (Å²) in [6, 6.07) is 17.4. The second kappa shape index (κ2) is 7.48. The minimum Gasteiger partial charge on any atom is -0.470 e. The molecule has 0 unspecified atom stereocenters. The first-order valence-corrected chi connectivity index (χ1v) is 4.49. The van der Waals surface area contributed by atoms with Gasteiger partial charge in [0.2, 0.25) is 0 Å². The number of hydrogen-bond acceptors (Lipinski definition) is 1. The van der Waals surface area contributed by atoms with E-state index in [4.69, 9.17) is 4.74 Å². The molecule has 16 heavy (non-hydrogen) atoms. The summed E-state index contributed by atoms with van der Waals surface area (Å²) in [5.74, 6) is 1.67. The first kappa shape index (κ1) is 15.2. The van der Waals surface area contributed by atoms with Crippen LogP contribution in [-0.2, 0) is 19.5 Å². The Morgan fingerprint density at radius 3 is 2.06 bits per heavy atom. The Balaban J connectivity index is 0.00000112. The molecule has 0 aromatic heterocycles. The van der Waals surface area contributed by atoms with Gasteiger partial charge in [0.25, 0.3) is 0 Å². The van der Waals surface area contributed by atoms with Gasteiger partial charge in [-0.15, -0.1) is 29.1 Å². The van der Waals surface area contributed by atoms with Crippen LogP contribution < -0.4 is 4.74 Å². The summed E-state index contributed by atoms with van der Waals surface area (Å²) in [5, 5.41) is 0. The summed E-state index contributed by atoms with van der Waals surface area (Å²) in [4.78, 5) is 0. The topological polar surface area (TPSA) is 9.23 Å². The molecule has 0 atom stereocenters. The van der Waals surface area contributed by atoms with E-state index in [2.05, 4.69) is 6.92 Å². The van der Waals surface area contributed by atoms with Crippen LogP contribution in [0.4, 0.5) is 0 Å². The van der Waals surface area contributed by atoms with Gasteiger partial charge in [-0.2, -0.15) is 18.6 Å². The minimum absolute atomic E-state index is 0. The van der Waals surface area contributed by atoms with Crippen LogP contribution >= 0.6 is 17.0 Å². The van der Waals surface area contributed by atoms with E-state index in [1.165, 1.54) is 0 Å². The van der Waals surface area contributed by atoms with Crippen LogP contribution in [0.25, 0.3) is 0 Å². The largest absolute Gasteiger partial charge is 0.470 e. The van der Waals surface area contributed by atoms with Gasteiger partial charge in [0, 0.05) is 19.5 Å². The van der Waals surface area contributed by atoms with Crippen molar-refractivity contribution in [2.24, 2.45) is 0 Å². The van der Waals surface area contributed by atoms with Crippen molar-refractivity contribution in [3.63, 3.8) is 0 Å². The van der Waals surface area contributed by atoms with Crippen LogP contribution in [0.2, 0.25) is 0 Å². The van der Waals surface area contributed by atoms with Gasteiger partial charge in [0.15, 0.2) is 0 Å². The maximum Gasteiger partial charge on any atom is 0.125 e. The molecule has 0 spiro atoms. The van der Waals surface area contributed by atoms with Gasteiger partial charge in [-0.1, -0.05) is 18.2 Å². The molecule has 80 valence electrons. The molecule has 0 bridgehead atoms. The molecular formula is C13H12BrOZn-. The molecule has 0 heterocycles. The Labute approximate surface area is 119 Å². The molecule has 0 aliphatic heterocycles. The van der Waals surface area contributed by atoms with E-state index >= 15 is 0 Å². The zero-order valence-corrected chi connectivity index (χ0v) is 13.6. The van der Waals surface area contributed by atoms with Crippen molar-refractivity contribution in [1.29, 1.82) is 0 Å².